The van der Waals surface area contributed by atoms with Crippen molar-refractivity contribution in [3.8, 4) is 5.69 Å². The summed E-state index contributed by atoms with van der Waals surface area (Å²) in [4.78, 5) is 30.5. The van der Waals surface area contributed by atoms with E-state index in [2.05, 4.69) is 31.3 Å². The van der Waals surface area contributed by atoms with Crippen LogP contribution in [0.3, 0.4) is 0 Å². The Labute approximate surface area is 181 Å². The number of aryl methyl sites for hydroxylation is 2. The van der Waals surface area contributed by atoms with Crippen LogP contribution in [0.4, 0.5) is 5.69 Å². The molecule has 0 saturated heterocycles. The summed E-state index contributed by atoms with van der Waals surface area (Å²) in [7, 11) is 1.54. The van der Waals surface area contributed by atoms with Crippen LogP contribution in [-0.2, 0) is 4.79 Å². The summed E-state index contributed by atoms with van der Waals surface area (Å²) in [5.41, 5.74) is 2.35. The largest absolute Gasteiger partial charge is 0.330 e. The fourth-order valence-corrected chi connectivity index (χ4v) is 3.32. The minimum absolute atomic E-state index is 0.0209. The molecular weight excluding hydrogens is 458 g/mol. The number of carbonyl (C=O) groups excluding carboxylic acids is 2. The molecule has 0 fully saturated rings. The fourth-order valence-electron chi connectivity index (χ4n) is 2.72. The molecule has 0 aliphatic carbocycles. The molecule has 0 saturated carbocycles. The van der Waals surface area contributed by atoms with Crippen LogP contribution in [0.2, 0.25) is 5.02 Å². The Bertz CT molecular complexity index is 1070. The van der Waals surface area contributed by atoms with E-state index in [1.54, 1.807) is 41.9 Å². The van der Waals surface area contributed by atoms with Gasteiger partial charge < -0.3 is 10.2 Å². The molecule has 3 rings (SSSR count). The average Bonchev–Trinajstić information content (AvgIpc) is 3.05. The lowest BCUT2D eigenvalue weighted by Crippen LogP contribution is -2.35. The number of hydrogen-bond donors (Lipinski definition) is 1. The summed E-state index contributed by atoms with van der Waals surface area (Å²) in [6.07, 6.45) is 0. The van der Waals surface area contributed by atoms with E-state index >= 15 is 0 Å². The molecule has 1 heterocycles. The lowest BCUT2D eigenvalue weighted by Gasteiger charge is -2.16. The Morgan fingerprint density at radius 2 is 1.86 bits per heavy atom. The third-order valence-corrected chi connectivity index (χ3v) is 4.97. The van der Waals surface area contributed by atoms with Gasteiger partial charge in [-0.1, -0.05) is 27.5 Å². The highest BCUT2D eigenvalue weighted by Gasteiger charge is 2.21. The number of halogens is 2. The van der Waals surface area contributed by atoms with Crippen molar-refractivity contribution in [3.63, 3.8) is 0 Å². The number of rotatable bonds is 5. The summed E-state index contributed by atoms with van der Waals surface area (Å²) in [5, 5.41) is 7.70. The van der Waals surface area contributed by atoms with Gasteiger partial charge in [-0.2, -0.15) is 0 Å². The normalized spacial score (nSPS) is 10.7. The van der Waals surface area contributed by atoms with E-state index in [1.165, 1.54) is 11.9 Å². The Kier molecular flexibility index (Phi) is 6.34. The zero-order chi connectivity index (χ0) is 21.1. The first-order chi connectivity index (χ1) is 13.7. The summed E-state index contributed by atoms with van der Waals surface area (Å²) in [6.45, 7) is 3.52. The van der Waals surface area contributed by atoms with Gasteiger partial charge in [0.25, 0.3) is 5.91 Å². The molecule has 7 nitrogen and oxygen atoms in total. The van der Waals surface area contributed by atoms with E-state index < -0.39 is 5.91 Å². The van der Waals surface area contributed by atoms with Gasteiger partial charge in [-0.05, 0) is 61.9 Å². The summed E-state index contributed by atoms with van der Waals surface area (Å²) in [6, 6.07) is 12.6. The molecule has 1 N–H and O–H groups in total. The van der Waals surface area contributed by atoms with Crippen LogP contribution in [0.25, 0.3) is 5.69 Å². The lowest BCUT2D eigenvalue weighted by molar-refractivity contribution is -0.116. The van der Waals surface area contributed by atoms with Crippen molar-refractivity contribution in [3.05, 3.63) is 69.2 Å². The standard InChI is InChI=1S/C20H19BrClN5O2/c1-12-10-14(21)4-9-17(12)24-18(28)11-26(3)20(29)19-23-13(2)27(25-19)16-7-5-15(22)6-8-16/h4-10H,11H2,1-3H3,(H,24,28). The molecule has 150 valence electrons. The predicted molar refractivity (Wildman–Crippen MR) is 116 cm³/mol. The van der Waals surface area contributed by atoms with Gasteiger partial charge in [-0.3, -0.25) is 9.59 Å². The Morgan fingerprint density at radius 3 is 2.52 bits per heavy atom. The van der Waals surface area contributed by atoms with Crippen LogP contribution in [0.5, 0.6) is 0 Å². The molecule has 9 heteroatoms. The average molecular weight is 477 g/mol. The van der Waals surface area contributed by atoms with Gasteiger partial charge in [-0.25, -0.2) is 9.67 Å². The number of aromatic nitrogens is 3. The first kappa shape index (κ1) is 21.0. The molecule has 0 bridgehead atoms. The molecule has 0 aliphatic heterocycles. The fraction of sp³-hybridized carbons (Fsp3) is 0.200. The molecule has 2 amide bonds. The van der Waals surface area contributed by atoms with Crippen molar-refractivity contribution in [2.24, 2.45) is 0 Å². The maximum Gasteiger partial charge on any atom is 0.293 e. The maximum absolute atomic E-state index is 12.7. The highest BCUT2D eigenvalue weighted by Crippen LogP contribution is 2.20. The van der Waals surface area contributed by atoms with E-state index in [-0.39, 0.29) is 18.3 Å². The van der Waals surface area contributed by atoms with E-state index in [4.69, 9.17) is 11.6 Å². The van der Waals surface area contributed by atoms with E-state index in [9.17, 15) is 9.59 Å². The van der Waals surface area contributed by atoms with Crippen LogP contribution in [0, 0.1) is 13.8 Å². The molecule has 0 aliphatic rings. The third kappa shape index (κ3) is 5.02. The SMILES string of the molecule is Cc1cc(Br)ccc1NC(=O)CN(C)C(=O)c1nc(C)n(-c2ccc(Cl)cc2)n1. The number of nitrogens with zero attached hydrogens (tertiary/aromatic N) is 4. The maximum atomic E-state index is 12.7. The molecule has 1 aromatic heterocycles. The van der Waals surface area contributed by atoms with Crippen LogP contribution in [0.1, 0.15) is 22.0 Å². The predicted octanol–water partition coefficient (Wildman–Crippen LogP) is 4.01. The van der Waals surface area contributed by atoms with Crippen LogP contribution in [0.15, 0.2) is 46.9 Å². The van der Waals surface area contributed by atoms with Gasteiger partial charge in [-0.15, -0.1) is 5.10 Å². The second kappa shape index (κ2) is 8.75. The van der Waals surface area contributed by atoms with E-state index in [1.807, 2.05) is 19.1 Å². The zero-order valence-corrected chi connectivity index (χ0v) is 18.5. The Balaban J connectivity index is 1.69. The van der Waals surface area contributed by atoms with E-state index in [0.29, 0.717) is 16.5 Å². The third-order valence-electron chi connectivity index (χ3n) is 4.22. The molecule has 0 radical (unpaired) electrons. The second-order valence-electron chi connectivity index (χ2n) is 6.54. The van der Waals surface area contributed by atoms with Crippen molar-refractivity contribution in [2.45, 2.75) is 13.8 Å². The summed E-state index contributed by atoms with van der Waals surface area (Å²) in [5.74, 6) is -0.171. The number of benzene rings is 2. The number of amides is 2. The number of anilines is 1. The van der Waals surface area contributed by atoms with Gasteiger partial charge in [0.1, 0.15) is 5.82 Å². The molecule has 29 heavy (non-hydrogen) atoms. The van der Waals surface area contributed by atoms with Crippen LogP contribution >= 0.6 is 27.5 Å². The number of hydrogen-bond acceptors (Lipinski definition) is 4. The van der Waals surface area contributed by atoms with Crippen molar-refractivity contribution >= 4 is 45.0 Å². The molecule has 2 aromatic carbocycles. The van der Waals surface area contributed by atoms with Crippen molar-refractivity contribution in [2.75, 3.05) is 18.9 Å². The first-order valence-electron chi connectivity index (χ1n) is 8.75. The smallest absolute Gasteiger partial charge is 0.293 e. The van der Waals surface area contributed by atoms with E-state index in [0.717, 1.165) is 15.7 Å². The highest BCUT2D eigenvalue weighted by atomic mass is 79.9. The minimum Gasteiger partial charge on any atom is -0.330 e. The summed E-state index contributed by atoms with van der Waals surface area (Å²) >= 11 is 9.30. The summed E-state index contributed by atoms with van der Waals surface area (Å²) < 4.78 is 2.49. The molecule has 3 aromatic rings. The zero-order valence-electron chi connectivity index (χ0n) is 16.1. The number of carbonyl (C=O) groups is 2. The highest BCUT2D eigenvalue weighted by molar-refractivity contribution is 9.10. The van der Waals surface area contributed by atoms with Crippen LogP contribution < -0.4 is 5.32 Å². The van der Waals surface area contributed by atoms with Gasteiger partial charge in [0.05, 0.1) is 12.2 Å². The molecule has 0 spiro atoms. The first-order valence-corrected chi connectivity index (χ1v) is 9.93. The molecule has 0 unspecified atom stereocenters. The number of likely N-dealkylation sites (N-methyl/N-ethyl adjacent to an activating group) is 1. The lowest BCUT2D eigenvalue weighted by atomic mass is 10.2. The van der Waals surface area contributed by atoms with Crippen molar-refractivity contribution < 1.29 is 9.59 Å². The van der Waals surface area contributed by atoms with Gasteiger partial charge in [0.2, 0.25) is 11.7 Å². The molecular formula is C20H19BrClN5O2. The van der Waals surface area contributed by atoms with Gasteiger partial charge >= 0.3 is 0 Å². The quantitative estimate of drug-likeness (QED) is 0.603. The molecule has 0 atom stereocenters. The van der Waals surface area contributed by atoms with Crippen molar-refractivity contribution in [1.29, 1.82) is 0 Å². The monoisotopic (exact) mass is 475 g/mol. The Hall–Kier alpha value is -2.71. The van der Waals surface area contributed by atoms with Gasteiger partial charge in [0, 0.05) is 22.2 Å². The topological polar surface area (TPSA) is 80.1 Å². The van der Waals surface area contributed by atoms with Crippen molar-refractivity contribution in [1.82, 2.24) is 19.7 Å². The van der Waals surface area contributed by atoms with Crippen LogP contribution in [-0.4, -0.2) is 45.1 Å². The Morgan fingerprint density at radius 1 is 1.17 bits per heavy atom. The second-order valence-corrected chi connectivity index (χ2v) is 7.89. The van der Waals surface area contributed by atoms with Gasteiger partial charge in [0.15, 0.2) is 0 Å². The minimum atomic E-state index is -0.441. The number of nitrogens with one attached hydrogen (secondary N) is 1.